The maximum absolute atomic E-state index is 13.4. The third-order valence-electron chi connectivity index (χ3n) is 3.29. The Morgan fingerprint density at radius 1 is 1.32 bits per heavy atom. The van der Waals surface area contributed by atoms with Crippen molar-refractivity contribution in [1.82, 2.24) is 5.32 Å². The Labute approximate surface area is 109 Å². The van der Waals surface area contributed by atoms with E-state index in [0.29, 0.717) is 19.4 Å². The molecule has 2 N–H and O–H groups in total. The minimum absolute atomic E-state index is 0.208. The highest BCUT2D eigenvalue weighted by Crippen LogP contribution is 2.22. The lowest BCUT2D eigenvalue weighted by molar-refractivity contribution is -0.120. The van der Waals surface area contributed by atoms with Gasteiger partial charge in [0.1, 0.15) is 0 Å². The first-order chi connectivity index (χ1) is 8.99. The normalized spacial score (nSPS) is 23.2. The van der Waals surface area contributed by atoms with Crippen LogP contribution in [-0.2, 0) is 4.79 Å². The zero-order valence-corrected chi connectivity index (χ0v) is 10.5. The summed E-state index contributed by atoms with van der Waals surface area (Å²) in [4.78, 5) is 11.9. The predicted molar refractivity (Wildman–Crippen MR) is 65.1 cm³/mol. The van der Waals surface area contributed by atoms with Gasteiger partial charge in [0, 0.05) is 12.0 Å². The Morgan fingerprint density at radius 2 is 2.05 bits per heavy atom. The van der Waals surface area contributed by atoms with Crippen LogP contribution in [0.5, 0.6) is 0 Å². The van der Waals surface area contributed by atoms with Crippen molar-refractivity contribution in [2.45, 2.75) is 25.8 Å². The van der Waals surface area contributed by atoms with Crippen molar-refractivity contribution < 1.29 is 18.0 Å². The molecule has 0 spiro atoms. The lowest BCUT2D eigenvalue weighted by Crippen LogP contribution is -2.40. The SMILES string of the molecule is CC1CC(C(=O)Nc2ccc(F)c(F)c2F)CCN1. The fourth-order valence-electron chi connectivity index (χ4n) is 2.23. The van der Waals surface area contributed by atoms with Gasteiger partial charge in [-0.1, -0.05) is 0 Å². The van der Waals surface area contributed by atoms with Gasteiger partial charge in [-0.15, -0.1) is 0 Å². The minimum atomic E-state index is -1.57. The molecule has 1 aromatic rings. The van der Waals surface area contributed by atoms with Gasteiger partial charge in [0.05, 0.1) is 5.69 Å². The van der Waals surface area contributed by atoms with E-state index in [2.05, 4.69) is 10.6 Å². The molecule has 1 heterocycles. The van der Waals surface area contributed by atoms with Crippen LogP contribution in [0.3, 0.4) is 0 Å². The quantitative estimate of drug-likeness (QED) is 0.812. The van der Waals surface area contributed by atoms with Gasteiger partial charge in [0.2, 0.25) is 5.91 Å². The molecule has 0 aromatic heterocycles. The third kappa shape index (κ3) is 3.07. The maximum Gasteiger partial charge on any atom is 0.227 e. The number of amides is 1. The minimum Gasteiger partial charge on any atom is -0.323 e. The van der Waals surface area contributed by atoms with Crippen LogP contribution in [0.4, 0.5) is 18.9 Å². The van der Waals surface area contributed by atoms with Gasteiger partial charge in [-0.05, 0) is 38.4 Å². The summed E-state index contributed by atoms with van der Waals surface area (Å²) in [5.74, 6) is -4.82. The zero-order chi connectivity index (χ0) is 14.0. The van der Waals surface area contributed by atoms with Crippen LogP contribution < -0.4 is 10.6 Å². The summed E-state index contributed by atoms with van der Waals surface area (Å²) in [6.45, 7) is 2.66. The molecule has 1 fully saturated rings. The molecule has 0 bridgehead atoms. The Balaban J connectivity index is 2.08. The van der Waals surface area contributed by atoms with Crippen LogP contribution in [0, 0.1) is 23.4 Å². The van der Waals surface area contributed by atoms with Gasteiger partial charge in [0.25, 0.3) is 0 Å². The predicted octanol–water partition coefficient (Wildman–Crippen LogP) is 2.43. The van der Waals surface area contributed by atoms with E-state index in [4.69, 9.17) is 0 Å². The number of carbonyl (C=O) groups excluding carboxylic acids is 1. The second-order valence-electron chi connectivity index (χ2n) is 4.79. The third-order valence-corrected chi connectivity index (χ3v) is 3.29. The molecular formula is C13H15F3N2O. The van der Waals surface area contributed by atoms with Crippen LogP contribution in [0.25, 0.3) is 0 Å². The summed E-state index contributed by atoms with van der Waals surface area (Å²) < 4.78 is 39.2. The van der Waals surface area contributed by atoms with Gasteiger partial charge >= 0.3 is 0 Å². The number of rotatable bonds is 2. The fourth-order valence-corrected chi connectivity index (χ4v) is 2.23. The molecule has 6 heteroatoms. The molecule has 1 aromatic carbocycles. The van der Waals surface area contributed by atoms with E-state index < -0.39 is 17.5 Å². The summed E-state index contributed by atoms with van der Waals surface area (Å²) in [5.41, 5.74) is -0.324. The molecule has 19 heavy (non-hydrogen) atoms. The monoisotopic (exact) mass is 272 g/mol. The van der Waals surface area contributed by atoms with E-state index in [0.717, 1.165) is 12.1 Å². The van der Waals surface area contributed by atoms with Gasteiger partial charge in [-0.25, -0.2) is 13.2 Å². The Hall–Kier alpha value is -1.56. The van der Waals surface area contributed by atoms with Gasteiger partial charge in [0.15, 0.2) is 17.5 Å². The van der Waals surface area contributed by atoms with Crippen molar-refractivity contribution in [3.8, 4) is 0 Å². The van der Waals surface area contributed by atoms with E-state index in [9.17, 15) is 18.0 Å². The number of carbonyl (C=O) groups is 1. The Morgan fingerprint density at radius 3 is 2.74 bits per heavy atom. The average Bonchev–Trinajstić information content (AvgIpc) is 2.39. The standard InChI is InChI=1S/C13H15F3N2O/c1-7-6-8(4-5-17-7)13(19)18-10-3-2-9(14)11(15)12(10)16/h2-3,7-8,17H,4-6H2,1H3,(H,18,19). The van der Waals surface area contributed by atoms with E-state index in [1.165, 1.54) is 0 Å². The van der Waals surface area contributed by atoms with E-state index >= 15 is 0 Å². The van der Waals surface area contributed by atoms with Crippen molar-refractivity contribution in [3.63, 3.8) is 0 Å². The number of piperidine rings is 1. The number of nitrogens with one attached hydrogen (secondary N) is 2. The molecule has 1 aliphatic heterocycles. The molecule has 0 radical (unpaired) electrons. The summed E-state index contributed by atoms with van der Waals surface area (Å²) in [5, 5.41) is 5.52. The maximum atomic E-state index is 13.4. The topological polar surface area (TPSA) is 41.1 Å². The number of anilines is 1. The molecule has 1 saturated heterocycles. The van der Waals surface area contributed by atoms with Crippen molar-refractivity contribution in [2.75, 3.05) is 11.9 Å². The molecule has 2 rings (SSSR count). The first kappa shape index (κ1) is 13.9. The van der Waals surface area contributed by atoms with Gasteiger partial charge in [-0.3, -0.25) is 4.79 Å². The molecular weight excluding hydrogens is 257 g/mol. The molecule has 2 unspecified atom stereocenters. The van der Waals surface area contributed by atoms with Crippen molar-refractivity contribution in [2.24, 2.45) is 5.92 Å². The summed E-state index contributed by atoms with van der Waals surface area (Å²) in [7, 11) is 0. The van der Waals surface area contributed by atoms with Crippen LogP contribution in [0.15, 0.2) is 12.1 Å². The summed E-state index contributed by atoms with van der Waals surface area (Å²) >= 11 is 0. The molecule has 3 nitrogen and oxygen atoms in total. The summed E-state index contributed by atoms with van der Waals surface area (Å²) in [6.07, 6.45) is 1.28. The largest absolute Gasteiger partial charge is 0.323 e. The highest BCUT2D eigenvalue weighted by molar-refractivity contribution is 5.92. The highest BCUT2D eigenvalue weighted by Gasteiger charge is 2.26. The first-order valence-electron chi connectivity index (χ1n) is 6.16. The van der Waals surface area contributed by atoms with Crippen molar-refractivity contribution in [3.05, 3.63) is 29.6 Å². The molecule has 1 amide bonds. The van der Waals surface area contributed by atoms with Gasteiger partial charge < -0.3 is 10.6 Å². The molecule has 104 valence electrons. The number of halogens is 3. The molecule has 1 aliphatic rings. The second-order valence-corrected chi connectivity index (χ2v) is 4.79. The van der Waals surface area contributed by atoms with Crippen LogP contribution in [0.2, 0.25) is 0 Å². The van der Waals surface area contributed by atoms with Gasteiger partial charge in [-0.2, -0.15) is 0 Å². The Kier molecular flexibility index (Phi) is 4.09. The Bertz CT molecular complexity index is 493. The van der Waals surface area contributed by atoms with E-state index in [1.807, 2.05) is 6.92 Å². The molecule has 0 saturated carbocycles. The number of benzene rings is 1. The first-order valence-corrected chi connectivity index (χ1v) is 6.16. The number of hydrogen-bond donors (Lipinski definition) is 2. The summed E-state index contributed by atoms with van der Waals surface area (Å²) in [6, 6.07) is 2.02. The van der Waals surface area contributed by atoms with Crippen molar-refractivity contribution >= 4 is 11.6 Å². The zero-order valence-electron chi connectivity index (χ0n) is 10.5. The van der Waals surface area contributed by atoms with E-state index in [-0.39, 0.29) is 23.6 Å². The molecule has 2 atom stereocenters. The lowest BCUT2D eigenvalue weighted by atomic mass is 9.92. The lowest BCUT2D eigenvalue weighted by Gasteiger charge is -2.27. The van der Waals surface area contributed by atoms with Crippen LogP contribution in [-0.4, -0.2) is 18.5 Å². The average molecular weight is 272 g/mol. The number of hydrogen-bond acceptors (Lipinski definition) is 2. The van der Waals surface area contributed by atoms with Crippen LogP contribution in [0.1, 0.15) is 19.8 Å². The van der Waals surface area contributed by atoms with E-state index in [1.54, 1.807) is 0 Å². The second kappa shape index (κ2) is 5.61. The smallest absolute Gasteiger partial charge is 0.227 e. The van der Waals surface area contributed by atoms with Crippen molar-refractivity contribution in [1.29, 1.82) is 0 Å². The highest BCUT2D eigenvalue weighted by atomic mass is 19.2. The fraction of sp³-hybridized carbons (Fsp3) is 0.462. The molecule has 0 aliphatic carbocycles. The van der Waals surface area contributed by atoms with Crippen LogP contribution >= 0.6 is 0 Å².